The van der Waals surface area contributed by atoms with Crippen molar-refractivity contribution in [3.05, 3.63) is 78.8 Å². The summed E-state index contributed by atoms with van der Waals surface area (Å²) >= 11 is 7.36. The molecular weight excluding hydrogens is 370 g/mol. The van der Waals surface area contributed by atoms with Crippen molar-refractivity contribution in [1.29, 1.82) is 0 Å². The molecule has 0 unspecified atom stereocenters. The number of anilines is 1. The molecule has 0 fully saturated rings. The van der Waals surface area contributed by atoms with Crippen LogP contribution in [0.1, 0.15) is 5.56 Å². The molecule has 0 amide bonds. The topological polar surface area (TPSA) is 46.8 Å². The first-order valence-corrected chi connectivity index (χ1v) is 9.24. The summed E-state index contributed by atoms with van der Waals surface area (Å²) in [7, 11) is 1.63. The molecule has 0 N–H and O–H groups in total. The Morgan fingerprint density at radius 3 is 2.81 bits per heavy atom. The second kappa shape index (κ2) is 6.97. The molecule has 2 heterocycles. The summed E-state index contributed by atoms with van der Waals surface area (Å²) in [6, 6.07) is 15.2. The second-order valence-corrected chi connectivity index (χ2v) is 7.31. The Kier molecular flexibility index (Phi) is 4.53. The molecule has 3 aromatic rings. The van der Waals surface area contributed by atoms with Gasteiger partial charge in [-0.15, -0.1) is 0 Å². The highest BCUT2D eigenvalue weighted by atomic mass is 35.5. The van der Waals surface area contributed by atoms with Gasteiger partial charge in [0.15, 0.2) is 4.80 Å². The van der Waals surface area contributed by atoms with E-state index in [-0.39, 0.29) is 5.56 Å². The molecule has 132 valence electrons. The molecule has 0 bridgehead atoms. The maximum Gasteiger partial charge on any atom is 0.271 e. The number of rotatable bonds is 3. The molecule has 0 radical (unpaired) electrons. The van der Waals surface area contributed by atoms with Gasteiger partial charge in [0.2, 0.25) is 0 Å². The van der Waals surface area contributed by atoms with Crippen LogP contribution in [0.15, 0.2) is 58.3 Å². The number of methoxy groups -OCH3 is 1. The van der Waals surface area contributed by atoms with E-state index < -0.39 is 0 Å². The Morgan fingerprint density at radius 1 is 1.23 bits per heavy atom. The molecular formula is C19H16ClN3O2S. The third-order valence-corrected chi connectivity index (χ3v) is 5.46. The zero-order valence-corrected chi connectivity index (χ0v) is 15.6. The van der Waals surface area contributed by atoms with Crippen LogP contribution in [-0.4, -0.2) is 18.3 Å². The van der Waals surface area contributed by atoms with Crippen molar-refractivity contribution in [1.82, 2.24) is 4.57 Å². The molecule has 0 aliphatic carbocycles. The van der Waals surface area contributed by atoms with Crippen LogP contribution in [0.5, 0.6) is 5.75 Å². The molecule has 4 rings (SSSR count). The molecule has 0 saturated heterocycles. The van der Waals surface area contributed by atoms with Crippen molar-refractivity contribution in [2.75, 3.05) is 18.7 Å². The highest BCUT2D eigenvalue weighted by molar-refractivity contribution is 7.07. The van der Waals surface area contributed by atoms with Gasteiger partial charge in [-0.05, 0) is 48.0 Å². The Balaban J connectivity index is 1.70. The van der Waals surface area contributed by atoms with Gasteiger partial charge >= 0.3 is 0 Å². The molecule has 26 heavy (non-hydrogen) atoms. The molecule has 1 aliphatic heterocycles. The third kappa shape index (κ3) is 3.25. The van der Waals surface area contributed by atoms with Crippen LogP contribution in [0.3, 0.4) is 0 Å². The summed E-state index contributed by atoms with van der Waals surface area (Å²) in [4.78, 5) is 20.1. The lowest BCUT2D eigenvalue weighted by atomic mass is 10.2. The van der Waals surface area contributed by atoms with Crippen LogP contribution in [0.25, 0.3) is 6.08 Å². The van der Waals surface area contributed by atoms with E-state index in [4.69, 9.17) is 16.3 Å². The van der Waals surface area contributed by atoms with Crippen LogP contribution in [-0.2, 0) is 6.67 Å². The van der Waals surface area contributed by atoms with Gasteiger partial charge in [0.1, 0.15) is 19.1 Å². The van der Waals surface area contributed by atoms with Crippen molar-refractivity contribution in [3.63, 3.8) is 0 Å². The minimum atomic E-state index is -0.0322. The highest BCUT2D eigenvalue weighted by Crippen LogP contribution is 2.19. The minimum absolute atomic E-state index is 0.0322. The zero-order chi connectivity index (χ0) is 18.1. The van der Waals surface area contributed by atoms with Gasteiger partial charge in [-0.3, -0.25) is 9.36 Å². The van der Waals surface area contributed by atoms with Crippen molar-refractivity contribution in [2.45, 2.75) is 6.67 Å². The maximum absolute atomic E-state index is 12.8. The van der Waals surface area contributed by atoms with E-state index >= 15 is 0 Å². The standard InChI is InChI=1S/C19H16ClN3O2S/c1-25-16-4-2-3-13(9-16)10-17-18(24)23-12-22(11-21-19(23)26-17)15-7-5-14(20)6-8-15/h2-10H,11-12H2,1H3. The molecule has 0 saturated carbocycles. The molecule has 0 spiro atoms. The molecule has 0 atom stereocenters. The molecule has 5 nitrogen and oxygen atoms in total. The van der Waals surface area contributed by atoms with Gasteiger partial charge in [-0.1, -0.05) is 35.1 Å². The van der Waals surface area contributed by atoms with Gasteiger partial charge in [0.25, 0.3) is 5.56 Å². The number of aromatic nitrogens is 1. The molecule has 1 aromatic heterocycles. The number of benzene rings is 2. The first-order chi connectivity index (χ1) is 12.6. The predicted molar refractivity (Wildman–Crippen MR) is 105 cm³/mol. The molecule has 1 aliphatic rings. The lowest BCUT2D eigenvalue weighted by Crippen LogP contribution is -2.42. The minimum Gasteiger partial charge on any atom is -0.497 e. The van der Waals surface area contributed by atoms with E-state index in [2.05, 4.69) is 4.99 Å². The number of ether oxygens (including phenoxy) is 1. The maximum atomic E-state index is 12.8. The van der Waals surface area contributed by atoms with Gasteiger partial charge in [-0.2, -0.15) is 0 Å². The number of halogens is 1. The van der Waals surface area contributed by atoms with E-state index in [1.165, 1.54) is 11.3 Å². The summed E-state index contributed by atoms with van der Waals surface area (Å²) < 4.78 is 7.61. The van der Waals surface area contributed by atoms with E-state index in [1.807, 2.05) is 59.5 Å². The number of hydrogen-bond acceptors (Lipinski definition) is 5. The second-order valence-electron chi connectivity index (χ2n) is 5.86. The predicted octanol–water partition coefficient (Wildman–Crippen LogP) is 2.46. The number of fused-ring (bicyclic) bond motifs is 1. The summed E-state index contributed by atoms with van der Waals surface area (Å²) in [5, 5.41) is 0.686. The van der Waals surface area contributed by atoms with E-state index in [0.29, 0.717) is 22.9 Å². The first-order valence-electron chi connectivity index (χ1n) is 8.04. The lowest BCUT2D eigenvalue weighted by Gasteiger charge is -2.25. The number of nitrogens with zero attached hydrogens (tertiary/aromatic N) is 3. The normalized spacial score (nSPS) is 14.1. The third-order valence-electron chi connectivity index (χ3n) is 4.16. The fourth-order valence-electron chi connectivity index (χ4n) is 2.81. The van der Waals surface area contributed by atoms with Crippen molar-refractivity contribution in [2.24, 2.45) is 4.99 Å². The zero-order valence-electron chi connectivity index (χ0n) is 14.1. The molecule has 7 heteroatoms. The van der Waals surface area contributed by atoms with E-state index in [0.717, 1.165) is 21.8 Å². The Bertz CT molecular complexity index is 1120. The van der Waals surface area contributed by atoms with Gasteiger partial charge in [0.05, 0.1) is 11.6 Å². The SMILES string of the molecule is COc1cccc(C=c2sc3n(c2=O)CN(c2ccc(Cl)cc2)CN=3)c1. The van der Waals surface area contributed by atoms with Crippen molar-refractivity contribution in [3.8, 4) is 5.75 Å². The van der Waals surface area contributed by atoms with Crippen LogP contribution < -0.4 is 24.5 Å². The fourth-order valence-corrected chi connectivity index (χ4v) is 3.90. The van der Waals surface area contributed by atoms with Gasteiger partial charge in [-0.25, -0.2) is 4.99 Å². The van der Waals surface area contributed by atoms with Gasteiger partial charge < -0.3 is 9.64 Å². The van der Waals surface area contributed by atoms with Crippen LogP contribution in [0.2, 0.25) is 5.02 Å². The van der Waals surface area contributed by atoms with Crippen LogP contribution >= 0.6 is 22.9 Å². The van der Waals surface area contributed by atoms with Crippen molar-refractivity contribution < 1.29 is 4.74 Å². The largest absolute Gasteiger partial charge is 0.497 e. The lowest BCUT2D eigenvalue weighted by molar-refractivity contribution is 0.414. The van der Waals surface area contributed by atoms with Gasteiger partial charge in [0, 0.05) is 10.7 Å². The van der Waals surface area contributed by atoms with Crippen LogP contribution in [0, 0.1) is 0 Å². The summed E-state index contributed by atoms with van der Waals surface area (Å²) in [6.07, 6.45) is 1.88. The number of hydrogen-bond donors (Lipinski definition) is 0. The first kappa shape index (κ1) is 16.9. The summed E-state index contributed by atoms with van der Waals surface area (Å²) in [5.41, 5.74) is 1.88. The van der Waals surface area contributed by atoms with Crippen molar-refractivity contribution >= 4 is 34.7 Å². The summed E-state index contributed by atoms with van der Waals surface area (Å²) in [5.74, 6) is 0.763. The number of thiazole rings is 1. The smallest absolute Gasteiger partial charge is 0.271 e. The average Bonchev–Trinajstić information content (AvgIpc) is 2.98. The average molecular weight is 386 g/mol. The fraction of sp³-hybridized carbons (Fsp3) is 0.158. The Hall–Kier alpha value is -2.57. The van der Waals surface area contributed by atoms with E-state index in [1.54, 1.807) is 11.7 Å². The Morgan fingerprint density at radius 2 is 2.04 bits per heavy atom. The highest BCUT2D eigenvalue weighted by Gasteiger charge is 2.15. The monoisotopic (exact) mass is 385 g/mol. The van der Waals surface area contributed by atoms with Crippen LogP contribution in [0.4, 0.5) is 5.69 Å². The quantitative estimate of drug-likeness (QED) is 0.695. The molecule has 2 aromatic carbocycles. The Labute approximate surface area is 159 Å². The van der Waals surface area contributed by atoms with E-state index in [9.17, 15) is 4.79 Å². The summed E-state index contributed by atoms with van der Waals surface area (Å²) in [6.45, 7) is 0.988.